The van der Waals surface area contributed by atoms with E-state index in [-0.39, 0.29) is 5.91 Å². The first-order chi connectivity index (χ1) is 12.0. The van der Waals surface area contributed by atoms with Crippen LogP contribution in [0.4, 0.5) is 0 Å². The number of nitrogens with zero attached hydrogens (tertiary/aromatic N) is 2. The van der Waals surface area contributed by atoms with Gasteiger partial charge < -0.3 is 14.2 Å². The summed E-state index contributed by atoms with van der Waals surface area (Å²) in [5, 5.41) is 0. The molecule has 0 saturated heterocycles. The molecule has 0 spiro atoms. The molecule has 0 bridgehead atoms. The van der Waals surface area contributed by atoms with Gasteiger partial charge in [0.1, 0.15) is 6.33 Å². The normalized spacial score (nSPS) is 10.8. The number of aromatic nitrogens is 2. The van der Waals surface area contributed by atoms with E-state index in [2.05, 4.69) is 4.98 Å². The van der Waals surface area contributed by atoms with Crippen molar-refractivity contribution >= 4 is 16.9 Å². The number of fused-ring (bicyclic) bond motifs is 1. The summed E-state index contributed by atoms with van der Waals surface area (Å²) in [7, 11) is 4.56. The van der Waals surface area contributed by atoms with Crippen LogP contribution in [0.15, 0.2) is 30.6 Å². The molecule has 6 heteroatoms. The van der Waals surface area contributed by atoms with Gasteiger partial charge in [-0.2, -0.15) is 0 Å². The Hall–Kier alpha value is -3.02. The van der Waals surface area contributed by atoms with Crippen LogP contribution in [0.1, 0.15) is 21.5 Å². The van der Waals surface area contributed by atoms with Gasteiger partial charge >= 0.3 is 0 Å². The molecule has 3 rings (SSSR count). The number of carbonyl (C=O) groups excluding carboxylic acids is 1. The lowest BCUT2D eigenvalue weighted by atomic mass is 10.1. The van der Waals surface area contributed by atoms with E-state index in [1.54, 1.807) is 12.1 Å². The maximum absolute atomic E-state index is 13.0. The van der Waals surface area contributed by atoms with Gasteiger partial charge in [-0.25, -0.2) is 4.98 Å². The molecule has 0 radical (unpaired) electrons. The minimum atomic E-state index is -0.218. The maximum Gasteiger partial charge on any atom is 0.263 e. The number of methoxy groups -OCH3 is 3. The fraction of sp³-hybridized carbons (Fsp3) is 0.263. The topological polar surface area (TPSA) is 62.6 Å². The summed E-state index contributed by atoms with van der Waals surface area (Å²) in [6.45, 7) is 4.03. The Kier molecular flexibility index (Phi) is 4.35. The van der Waals surface area contributed by atoms with E-state index in [0.29, 0.717) is 22.8 Å². The van der Waals surface area contributed by atoms with Gasteiger partial charge in [-0.3, -0.25) is 9.36 Å². The van der Waals surface area contributed by atoms with Crippen molar-refractivity contribution in [1.29, 1.82) is 0 Å². The molecular formula is C19H20N2O4. The van der Waals surface area contributed by atoms with Gasteiger partial charge in [0.25, 0.3) is 5.91 Å². The number of carbonyl (C=O) groups is 1. The molecule has 3 aromatic rings. The van der Waals surface area contributed by atoms with Crippen LogP contribution in [0.5, 0.6) is 17.2 Å². The predicted molar refractivity (Wildman–Crippen MR) is 95.0 cm³/mol. The van der Waals surface area contributed by atoms with E-state index in [4.69, 9.17) is 14.2 Å². The second-order valence-electron chi connectivity index (χ2n) is 5.76. The van der Waals surface area contributed by atoms with Crippen LogP contribution in [0, 0.1) is 13.8 Å². The fourth-order valence-corrected chi connectivity index (χ4v) is 2.77. The van der Waals surface area contributed by atoms with Crippen molar-refractivity contribution in [3.05, 3.63) is 47.3 Å². The Morgan fingerprint density at radius 1 is 0.920 bits per heavy atom. The van der Waals surface area contributed by atoms with E-state index in [1.807, 2.05) is 26.0 Å². The summed E-state index contributed by atoms with van der Waals surface area (Å²) >= 11 is 0. The zero-order chi connectivity index (χ0) is 18.1. The van der Waals surface area contributed by atoms with Crippen molar-refractivity contribution in [2.24, 2.45) is 0 Å². The molecule has 0 amide bonds. The Morgan fingerprint density at radius 3 is 2.08 bits per heavy atom. The van der Waals surface area contributed by atoms with Crippen LogP contribution < -0.4 is 14.2 Å². The van der Waals surface area contributed by atoms with Gasteiger partial charge in [-0.15, -0.1) is 0 Å². The Labute approximate surface area is 146 Å². The van der Waals surface area contributed by atoms with E-state index >= 15 is 0 Å². The summed E-state index contributed by atoms with van der Waals surface area (Å²) in [4.78, 5) is 17.4. The Balaban J connectivity index is 2.14. The molecule has 0 N–H and O–H groups in total. The van der Waals surface area contributed by atoms with E-state index < -0.39 is 0 Å². The molecule has 0 aliphatic carbocycles. The van der Waals surface area contributed by atoms with Crippen LogP contribution in [-0.2, 0) is 0 Å². The number of rotatable bonds is 4. The zero-order valence-electron chi connectivity index (χ0n) is 14.9. The molecule has 2 aromatic carbocycles. The zero-order valence-corrected chi connectivity index (χ0v) is 14.9. The highest BCUT2D eigenvalue weighted by atomic mass is 16.5. The molecule has 0 atom stereocenters. The molecule has 130 valence electrons. The van der Waals surface area contributed by atoms with Crippen molar-refractivity contribution in [3.63, 3.8) is 0 Å². The summed E-state index contributed by atoms with van der Waals surface area (Å²) in [5.41, 5.74) is 4.21. The highest BCUT2D eigenvalue weighted by molar-refractivity contribution is 6.02. The molecule has 25 heavy (non-hydrogen) atoms. The van der Waals surface area contributed by atoms with Gasteiger partial charge in [0.15, 0.2) is 11.5 Å². The molecule has 0 saturated carbocycles. The summed E-state index contributed by atoms with van der Waals surface area (Å²) in [6, 6.07) is 7.21. The minimum Gasteiger partial charge on any atom is -0.493 e. The van der Waals surface area contributed by atoms with Crippen molar-refractivity contribution in [1.82, 2.24) is 9.55 Å². The number of aryl methyl sites for hydroxylation is 2. The summed E-state index contributed by atoms with van der Waals surface area (Å²) in [6.07, 6.45) is 1.54. The first-order valence-electron chi connectivity index (χ1n) is 7.79. The standard InChI is InChI=1S/C19H20N2O4/c1-11-6-14-15(7-12(11)2)21(10-20-14)19(22)13-8-16(23-3)18(25-5)17(9-13)24-4/h6-10H,1-5H3. The van der Waals surface area contributed by atoms with Crippen molar-refractivity contribution in [2.75, 3.05) is 21.3 Å². The van der Waals surface area contributed by atoms with Crippen molar-refractivity contribution in [2.45, 2.75) is 13.8 Å². The smallest absolute Gasteiger partial charge is 0.263 e. The predicted octanol–water partition coefficient (Wildman–Crippen LogP) is 3.37. The van der Waals surface area contributed by atoms with Crippen LogP contribution in [-0.4, -0.2) is 36.8 Å². The first-order valence-corrected chi connectivity index (χ1v) is 7.79. The van der Waals surface area contributed by atoms with Gasteiger partial charge in [-0.05, 0) is 49.2 Å². The third-order valence-corrected chi connectivity index (χ3v) is 4.29. The third kappa shape index (κ3) is 2.80. The van der Waals surface area contributed by atoms with E-state index in [0.717, 1.165) is 22.2 Å². The maximum atomic E-state index is 13.0. The first kappa shape index (κ1) is 16.8. The minimum absolute atomic E-state index is 0.218. The van der Waals surface area contributed by atoms with Crippen LogP contribution >= 0.6 is 0 Å². The van der Waals surface area contributed by atoms with Gasteiger partial charge in [0.05, 0.1) is 32.4 Å². The largest absolute Gasteiger partial charge is 0.493 e. The van der Waals surface area contributed by atoms with E-state index in [1.165, 1.54) is 32.2 Å². The molecule has 1 aromatic heterocycles. The summed E-state index contributed by atoms with van der Waals surface area (Å²) in [5.74, 6) is 1.09. The quantitative estimate of drug-likeness (QED) is 0.729. The average molecular weight is 340 g/mol. The molecule has 0 aliphatic heterocycles. The Bertz CT molecular complexity index is 934. The number of imidazole rings is 1. The molecular weight excluding hydrogens is 320 g/mol. The average Bonchev–Trinajstić information content (AvgIpc) is 3.02. The van der Waals surface area contributed by atoms with Crippen LogP contribution in [0.25, 0.3) is 11.0 Å². The third-order valence-electron chi connectivity index (χ3n) is 4.29. The molecule has 0 fully saturated rings. The lowest BCUT2D eigenvalue weighted by molar-refractivity contribution is 0.0963. The number of benzene rings is 2. The van der Waals surface area contributed by atoms with E-state index in [9.17, 15) is 4.79 Å². The van der Waals surface area contributed by atoms with Crippen molar-refractivity contribution < 1.29 is 19.0 Å². The van der Waals surface area contributed by atoms with Gasteiger partial charge in [0, 0.05) is 5.56 Å². The SMILES string of the molecule is COc1cc(C(=O)n2cnc3cc(C)c(C)cc32)cc(OC)c1OC. The fourth-order valence-electron chi connectivity index (χ4n) is 2.77. The lowest BCUT2D eigenvalue weighted by Gasteiger charge is -2.14. The number of hydrogen-bond acceptors (Lipinski definition) is 5. The van der Waals surface area contributed by atoms with Crippen molar-refractivity contribution in [3.8, 4) is 17.2 Å². The number of ether oxygens (including phenoxy) is 3. The highest BCUT2D eigenvalue weighted by Crippen LogP contribution is 2.38. The second-order valence-corrected chi connectivity index (χ2v) is 5.76. The molecule has 0 aliphatic rings. The lowest BCUT2D eigenvalue weighted by Crippen LogP contribution is -2.11. The monoisotopic (exact) mass is 340 g/mol. The van der Waals surface area contributed by atoms with Gasteiger partial charge in [-0.1, -0.05) is 0 Å². The second kappa shape index (κ2) is 6.47. The summed E-state index contributed by atoms with van der Waals surface area (Å²) < 4.78 is 17.5. The van der Waals surface area contributed by atoms with Gasteiger partial charge in [0.2, 0.25) is 5.75 Å². The molecule has 6 nitrogen and oxygen atoms in total. The molecule has 1 heterocycles. The molecule has 0 unspecified atom stereocenters. The highest BCUT2D eigenvalue weighted by Gasteiger charge is 2.19. The van der Waals surface area contributed by atoms with Crippen LogP contribution in [0.2, 0.25) is 0 Å². The number of hydrogen-bond donors (Lipinski definition) is 0. The Morgan fingerprint density at radius 2 is 1.52 bits per heavy atom. The van der Waals surface area contributed by atoms with Crippen LogP contribution in [0.3, 0.4) is 0 Å².